The van der Waals surface area contributed by atoms with Gasteiger partial charge in [0.2, 0.25) is 0 Å². The lowest BCUT2D eigenvalue weighted by Gasteiger charge is -2.30. The molecule has 0 N–H and O–H groups in total. The average Bonchev–Trinajstić information content (AvgIpc) is 4.02. The van der Waals surface area contributed by atoms with E-state index in [1.807, 2.05) is 0 Å². The van der Waals surface area contributed by atoms with Crippen LogP contribution in [0.5, 0.6) is 0 Å². The fraction of sp³-hybridized carbons (Fsp3) is 0.115. The molecule has 0 atom stereocenters. The fourth-order valence-electron chi connectivity index (χ4n) is 11.3. The van der Waals surface area contributed by atoms with E-state index in [0.29, 0.717) is 0 Å². The zero-order valence-electron chi connectivity index (χ0n) is 36.6. The minimum atomic E-state index is -0.285. The van der Waals surface area contributed by atoms with Crippen molar-refractivity contribution in [1.29, 1.82) is 0 Å². The molecule has 13 rings (SSSR count). The van der Waals surface area contributed by atoms with Gasteiger partial charge in [-0.2, -0.15) is 0 Å². The standard InChI is InChI=1S/C61H45NO2/c1-36-24-26-39(27-25-36)62(40-28-30-42-48(32-40)60(2,3)50-34-46(37-16-8-6-9-17-37)58-56(54(42)50)44-20-12-14-22-52(44)63-58)41-29-31-43-49(33-41)61(4,5)51-35-47(38-18-10-7-11-19-38)59-57(55(43)51)45-21-13-15-23-53(45)64-59/h6-35H,1-5H3. The topological polar surface area (TPSA) is 29.5 Å². The summed E-state index contributed by atoms with van der Waals surface area (Å²) < 4.78 is 13.5. The third kappa shape index (κ3) is 5.10. The number of fused-ring (bicyclic) bond motifs is 14. The van der Waals surface area contributed by atoms with Crippen LogP contribution in [0, 0.1) is 6.92 Å². The molecule has 2 heterocycles. The predicted octanol–water partition coefficient (Wildman–Crippen LogP) is 17.2. The van der Waals surface area contributed by atoms with Gasteiger partial charge in [0.1, 0.15) is 22.3 Å². The highest BCUT2D eigenvalue weighted by molar-refractivity contribution is 6.20. The van der Waals surface area contributed by atoms with Crippen LogP contribution in [0.3, 0.4) is 0 Å². The van der Waals surface area contributed by atoms with Gasteiger partial charge >= 0.3 is 0 Å². The molecule has 306 valence electrons. The van der Waals surface area contributed by atoms with Crippen LogP contribution in [0.2, 0.25) is 0 Å². The van der Waals surface area contributed by atoms with Crippen LogP contribution in [0.4, 0.5) is 17.1 Å². The summed E-state index contributed by atoms with van der Waals surface area (Å²) in [6, 6.07) is 66.4. The SMILES string of the molecule is Cc1ccc(N(c2ccc3c(c2)C(C)(C)c2cc(-c4ccccc4)c4oc5ccccc5c4c2-3)c2ccc3c(c2)C(C)(C)c2cc(-c4ccccc4)c4oc5ccccc5c4c2-3)cc1. The molecule has 3 heteroatoms. The second-order valence-corrected chi connectivity index (χ2v) is 18.9. The number of rotatable bonds is 5. The second kappa shape index (κ2) is 13.2. The summed E-state index contributed by atoms with van der Waals surface area (Å²) in [4.78, 5) is 2.45. The van der Waals surface area contributed by atoms with Gasteiger partial charge in [-0.1, -0.05) is 155 Å². The van der Waals surface area contributed by atoms with Crippen LogP contribution in [0.25, 0.3) is 88.4 Å². The summed E-state index contributed by atoms with van der Waals surface area (Å²) >= 11 is 0. The van der Waals surface area contributed by atoms with E-state index in [9.17, 15) is 0 Å². The lowest BCUT2D eigenvalue weighted by atomic mass is 9.80. The highest BCUT2D eigenvalue weighted by atomic mass is 16.3. The molecule has 0 amide bonds. The largest absolute Gasteiger partial charge is 0.455 e. The Hall–Kier alpha value is -7.62. The van der Waals surface area contributed by atoms with Crippen LogP contribution >= 0.6 is 0 Å². The maximum Gasteiger partial charge on any atom is 0.143 e. The molecule has 0 fully saturated rings. The van der Waals surface area contributed by atoms with Gasteiger partial charge in [-0.05, 0) is 123 Å². The van der Waals surface area contributed by atoms with E-state index in [1.54, 1.807) is 0 Å². The van der Waals surface area contributed by atoms with Crippen LogP contribution < -0.4 is 4.90 Å². The van der Waals surface area contributed by atoms with E-state index in [1.165, 1.54) is 60.8 Å². The molecule has 2 aliphatic carbocycles. The summed E-state index contributed by atoms with van der Waals surface area (Å²) in [5.74, 6) is 0. The van der Waals surface area contributed by atoms with Crippen molar-refractivity contribution < 1.29 is 8.83 Å². The molecule has 2 aromatic heterocycles. The Morgan fingerprint density at radius 2 is 0.781 bits per heavy atom. The number of para-hydroxylation sites is 2. The number of anilines is 3. The van der Waals surface area contributed by atoms with Crippen LogP contribution in [-0.2, 0) is 10.8 Å². The van der Waals surface area contributed by atoms with Crippen molar-refractivity contribution in [2.75, 3.05) is 4.90 Å². The van der Waals surface area contributed by atoms with E-state index in [4.69, 9.17) is 8.83 Å². The summed E-state index contributed by atoms with van der Waals surface area (Å²) in [6.45, 7) is 11.7. The quantitative estimate of drug-likeness (QED) is 0.173. The third-order valence-corrected chi connectivity index (χ3v) is 14.5. The Morgan fingerprint density at radius 1 is 0.375 bits per heavy atom. The third-order valence-electron chi connectivity index (χ3n) is 14.5. The Balaban J connectivity index is 1.01. The zero-order chi connectivity index (χ0) is 43.1. The number of furan rings is 2. The molecule has 64 heavy (non-hydrogen) atoms. The Labute approximate surface area is 372 Å². The molecule has 0 unspecified atom stereocenters. The predicted molar refractivity (Wildman–Crippen MR) is 266 cm³/mol. The molecule has 0 radical (unpaired) electrons. The molecule has 0 saturated heterocycles. The molecule has 0 aliphatic heterocycles. The highest BCUT2D eigenvalue weighted by Gasteiger charge is 2.41. The first-order valence-corrected chi connectivity index (χ1v) is 22.4. The van der Waals surface area contributed by atoms with E-state index in [-0.39, 0.29) is 10.8 Å². The normalized spacial score (nSPS) is 14.3. The average molecular weight is 824 g/mol. The maximum absolute atomic E-state index is 6.77. The molecule has 3 nitrogen and oxygen atoms in total. The van der Waals surface area contributed by atoms with E-state index >= 15 is 0 Å². The molecule has 0 spiro atoms. The van der Waals surface area contributed by atoms with Gasteiger partial charge in [-0.15, -0.1) is 0 Å². The molecule has 2 aliphatic rings. The fourth-order valence-corrected chi connectivity index (χ4v) is 11.3. The molecule has 0 saturated carbocycles. The summed E-state index contributed by atoms with van der Waals surface area (Å²) in [7, 11) is 0. The van der Waals surface area contributed by atoms with Gasteiger partial charge in [0.15, 0.2) is 0 Å². The van der Waals surface area contributed by atoms with Crippen molar-refractivity contribution in [2.24, 2.45) is 0 Å². The summed E-state index contributed by atoms with van der Waals surface area (Å²) in [5.41, 5.74) is 22.7. The first kappa shape index (κ1) is 37.0. The second-order valence-electron chi connectivity index (χ2n) is 18.9. The van der Waals surface area contributed by atoms with Crippen LogP contribution in [0.1, 0.15) is 55.5 Å². The maximum atomic E-state index is 6.77. The minimum absolute atomic E-state index is 0.285. The highest BCUT2D eigenvalue weighted by Crippen LogP contribution is 2.58. The molecule has 9 aromatic carbocycles. The number of benzene rings is 9. The zero-order valence-corrected chi connectivity index (χ0v) is 36.6. The number of hydrogen-bond donors (Lipinski definition) is 0. The van der Waals surface area contributed by atoms with E-state index in [0.717, 1.165) is 72.4 Å². The summed E-state index contributed by atoms with van der Waals surface area (Å²) in [5, 5.41) is 4.69. The number of aryl methyl sites for hydroxylation is 1. The van der Waals surface area contributed by atoms with Gasteiger partial charge in [-0.3, -0.25) is 0 Å². The van der Waals surface area contributed by atoms with Crippen molar-refractivity contribution in [3.63, 3.8) is 0 Å². The Kier molecular flexibility index (Phi) is 7.63. The monoisotopic (exact) mass is 823 g/mol. The number of nitrogens with zero attached hydrogens (tertiary/aromatic N) is 1. The molecule has 11 aromatic rings. The molecule has 0 bridgehead atoms. The van der Waals surface area contributed by atoms with Crippen molar-refractivity contribution >= 4 is 60.9 Å². The first-order chi connectivity index (χ1) is 31.2. The number of hydrogen-bond acceptors (Lipinski definition) is 3. The van der Waals surface area contributed by atoms with Crippen molar-refractivity contribution in [3.05, 3.63) is 210 Å². The van der Waals surface area contributed by atoms with Crippen LogP contribution in [-0.4, -0.2) is 0 Å². The smallest absolute Gasteiger partial charge is 0.143 e. The van der Waals surface area contributed by atoms with Gasteiger partial charge < -0.3 is 13.7 Å². The summed E-state index contributed by atoms with van der Waals surface area (Å²) in [6.07, 6.45) is 0. The molecular weight excluding hydrogens is 779 g/mol. The van der Waals surface area contributed by atoms with Gasteiger partial charge in [0.05, 0.1) is 0 Å². The van der Waals surface area contributed by atoms with E-state index in [2.05, 4.69) is 222 Å². The lowest BCUT2D eigenvalue weighted by Crippen LogP contribution is -2.18. The van der Waals surface area contributed by atoms with Crippen molar-refractivity contribution in [1.82, 2.24) is 0 Å². The van der Waals surface area contributed by atoms with Gasteiger partial charge in [0, 0.05) is 60.6 Å². The lowest BCUT2D eigenvalue weighted by molar-refractivity contribution is 0.657. The van der Waals surface area contributed by atoms with E-state index < -0.39 is 0 Å². The first-order valence-electron chi connectivity index (χ1n) is 22.4. The van der Waals surface area contributed by atoms with Crippen molar-refractivity contribution in [2.45, 2.75) is 45.4 Å². The minimum Gasteiger partial charge on any atom is -0.455 e. The Morgan fingerprint density at radius 3 is 1.23 bits per heavy atom. The van der Waals surface area contributed by atoms with Crippen LogP contribution in [0.15, 0.2) is 191 Å². The van der Waals surface area contributed by atoms with Gasteiger partial charge in [0.25, 0.3) is 0 Å². The Bertz CT molecular complexity index is 3490. The van der Waals surface area contributed by atoms with Crippen molar-refractivity contribution in [3.8, 4) is 44.5 Å². The molecular formula is C61H45NO2. The van der Waals surface area contributed by atoms with Gasteiger partial charge in [-0.25, -0.2) is 0 Å².